The Morgan fingerprint density at radius 2 is 1.72 bits per heavy atom. The Morgan fingerprint density at radius 1 is 0.969 bits per heavy atom. The molecule has 0 fully saturated rings. The molecular formula is C24H18BrN5O2. The van der Waals surface area contributed by atoms with Crippen LogP contribution in [0.1, 0.15) is 5.56 Å². The van der Waals surface area contributed by atoms with Crippen molar-refractivity contribution in [3.05, 3.63) is 93.2 Å². The molecule has 0 unspecified atom stereocenters. The second-order valence-electron chi connectivity index (χ2n) is 7.49. The molecule has 5 aromatic rings. The van der Waals surface area contributed by atoms with Crippen LogP contribution in [-0.2, 0) is 11.3 Å². The Bertz CT molecular complexity index is 1540. The second-order valence-corrected chi connectivity index (χ2v) is 8.40. The van der Waals surface area contributed by atoms with Crippen LogP contribution in [0.5, 0.6) is 0 Å². The Balaban J connectivity index is 1.63. The number of carbonyl (C=O) groups is 1. The number of fused-ring (bicyclic) bond motifs is 3. The third kappa shape index (κ3) is 3.58. The van der Waals surface area contributed by atoms with E-state index < -0.39 is 0 Å². The third-order valence-corrected chi connectivity index (χ3v) is 5.73. The van der Waals surface area contributed by atoms with Gasteiger partial charge in [-0.05, 0) is 37.3 Å². The smallest absolute Gasteiger partial charge is 0.297 e. The van der Waals surface area contributed by atoms with Gasteiger partial charge in [-0.3, -0.25) is 18.6 Å². The molecule has 158 valence electrons. The molecular weight excluding hydrogens is 470 g/mol. The van der Waals surface area contributed by atoms with Crippen LogP contribution in [0.25, 0.3) is 28.1 Å². The molecule has 2 aromatic heterocycles. The SMILES string of the molecule is Cc1ccc(-c2nnc3c(=O)n(CC(=O)Nc4cccc(Br)c4)c4ccccc4n23)cc1. The first kappa shape index (κ1) is 20.1. The van der Waals surface area contributed by atoms with Crippen molar-refractivity contribution in [3.63, 3.8) is 0 Å². The maximum Gasteiger partial charge on any atom is 0.297 e. The van der Waals surface area contributed by atoms with Crippen molar-refractivity contribution in [1.82, 2.24) is 19.2 Å². The molecule has 5 rings (SSSR count). The molecule has 0 bridgehead atoms. The Morgan fingerprint density at radius 3 is 2.47 bits per heavy atom. The van der Waals surface area contributed by atoms with Crippen molar-refractivity contribution in [2.24, 2.45) is 0 Å². The highest BCUT2D eigenvalue weighted by molar-refractivity contribution is 9.10. The lowest BCUT2D eigenvalue weighted by molar-refractivity contribution is -0.116. The fourth-order valence-corrected chi connectivity index (χ4v) is 4.12. The van der Waals surface area contributed by atoms with Crippen LogP contribution in [0.4, 0.5) is 5.69 Å². The van der Waals surface area contributed by atoms with Crippen molar-refractivity contribution in [2.75, 3.05) is 5.32 Å². The van der Waals surface area contributed by atoms with Gasteiger partial charge in [-0.25, -0.2) is 0 Å². The predicted octanol–water partition coefficient (Wildman–Crippen LogP) is 4.42. The number of amides is 1. The van der Waals surface area contributed by atoms with Gasteiger partial charge >= 0.3 is 0 Å². The van der Waals surface area contributed by atoms with E-state index in [4.69, 9.17) is 0 Å². The molecule has 1 amide bonds. The lowest BCUT2D eigenvalue weighted by Gasteiger charge is -2.13. The predicted molar refractivity (Wildman–Crippen MR) is 128 cm³/mol. The van der Waals surface area contributed by atoms with E-state index in [1.807, 2.05) is 67.6 Å². The average molecular weight is 488 g/mol. The average Bonchev–Trinajstić information content (AvgIpc) is 3.23. The highest BCUT2D eigenvalue weighted by atomic mass is 79.9. The number of nitrogens with one attached hydrogen (secondary N) is 1. The van der Waals surface area contributed by atoms with Crippen LogP contribution in [0.3, 0.4) is 0 Å². The zero-order chi connectivity index (χ0) is 22.2. The number of aryl methyl sites for hydroxylation is 1. The van der Waals surface area contributed by atoms with Crippen LogP contribution in [0, 0.1) is 6.92 Å². The van der Waals surface area contributed by atoms with Gasteiger partial charge in [0.15, 0.2) is 5.82 Å². The fourth-order valence-electron chi connectivity index (χ4n) is 3.72. The summed E-state index contributed by atoms with van der Waals surface area (Å²) in [4.78, 5) is 26.1. The molecule has 3 aromatic carbocycles. The lowest BCUT2D eigenvalue weighted by Crippen LogP contribution is -2.29. The largest absolute Gasteiger partial charge is 0.324 e. The number of benzene rings is 3. The quantitative estimate of drug-likeness (QED) is 0.406. The Kier molecular flexibility index (Phi) is 5.07. The molecule has 0 aliphatic heterocycles. The number of hydrogen-bond donors (Lipinski definition) is 1. The number of halogens is 1. The van der Waals surface area contributed by atoms with Crippen LogP contribution in [-0.4, -0.2) is 25.1 Å². The van der Waals surface area contributed by atoms with E-state index in [9.17, 15) is 9.59 Å². The van der Waals surface area contributed by atoms with Crippen molar-refractivity contribution >= 4 is 44.2 Å². The van der Waals surface area contributed by atoms with Crippen molar-refractivity contribution in [1.29, 1.82) is 0 Å². The minimum Gasteiger partial charge on any atom is -0.324 e. The van der Waals surface area contributed by atoms with E-state index >= 15 is 0 Å². The summed E-state index contributed by atoms with van der Waals surface area (Å²) >= 11 is 3.39. The van der Waals surface area contributed by atoms with Gasteiger partial charge in [-0.2, -0.15) is 0 Å². The molecule has 7 nitrogen and oxygen atoms in total. The first-order valence-corrected chi connectivity index (χ1v) is 10.8. The molecule has 1 N–H and O–H groups in total. The van der Waals surface area contributed by atoms with Gasteiger partial charge in [-0.1, -0.05) is 64.0 Å². The first-order valence-electron chi connectivity index (χ1n) is 10.0. The summed E-state index contributed by atoms with van der Waals surface area (Å²) in [5, 5.41) is 11.3. The summed E-state index contributed by atoms with van der Waals surface area (Å²) in [6, 6.07) is 22.6. The standard InChI is InChI=1S/C24H18BrN5O2/c1-15-9-11-16(12-10-15)22-27-28-23-24(32)29(19-7-2-3-8-20(19)30(22)23)14-21(31)26-18-6-4-5-17(25)13-18/h2-13H,14H2,1H3,(H,26,31). The van der Waals surface area contributed by atoms with E-state index in [2.05, 4.69) is 31.4 Å². The molecule has 2 heterocycles. The topological polar surface area (TPSA) is 81.3 Å². The normalized spacial score (nSPS) is 11.2. The van der Waals surface area contributed by atoms with Gasteiger partial charge in [-0.15, -0.1) is 10.2 Å². The third-order valence-electron chi connectivity index (χ3n) is 5.23. The van der Waals surface area contributed by atoms with Gasteiger partial charge < -0.3 is 5.32 Å². The molecule has 8 heteroatoms. The van der Waals surface area contributed by atoms with E-state index in [0.717, 1.165) is 21.1 Å². The van der Waals surface area contributed by atoms with Crippen LogP contribution >= 0.6 is 15.9 Å². The number of aromatic nitrogens is 4. The highest BCUT2D eigenvalue weighted by Crippen LogP contribution is 2.23. The second kappa shape index (κ2) is 8.05. The number of rotatable bonds is 4. The number of nitrogens with zero attached hydrogens (tertiary/aromatic N) is 4. The van der Waals surface area contributed by atoms with E-state index in [1.54, 1.807) is 16.5 Å². The summed E-state index contributed by atoms with van der Waals surface area (Å²) in [5.41, 5.74) is 3.81. The summed E-state index contributed by atoms with van der Waals surface area (Å²) in [7, 11) is 0. The van der Waals surface area contributed by atoms with Crippen molar-refractivity contribution in [2.45, 2.75) is 13.5 Å². The maximum absolute atomic E-state index is 13.3. The molecule has 0 atom stereocenters. The molecule has 0 aliphatic rings. The highest BCUT2D eigenvalue weighted by Gasteiger charge is 2.19. The summed E-state index contributed by atoms with van der Waals surface area (Å²) in [6.45, 7) is 1.87. The van der Waals surface area contributed by atoms with E-state index in [0.29, 0.717) is 17.0 Å². The van der Waals surface area contributed by atoms with Crippen molar-refractivity contribution in [3.8, 4) is 11.4 Å². The molecule has 0 saturated heterocycles. The summed E-state index contributed by atoms with van der Waals surface area (Å²) in [5.74, 6) is 0.275. The minimum atomic E-state index is -0.376. The van der Waals surface area contributed by atoms with Gasteiger partial charge in [0, 0.05) is 15.7 Å². The number of hydrogen-bond acceptors (Lipinski definition) is 4. The first-order chi connectivity index (χ1) is 15.5. The molecule has 0 radical (unpaired) electrons. The molecule has 32 heavy (non-hydrogen) atoms. The fraction of sp³-hybridized carbons (Fsp3) is 0.0833. The van der Waals surface area contributed by atoms with Gasteiger partial charge in [0.25, 0.3) is 5.56 Å². The van der Waals surface area contributed by atoms with Crippen LogP contribution in [0.2, 0.25) is 0 Å². The van der Waals surface area contributed by atoms with Gasteiger partial charge in [0.1, 0.15) is 6.54 Å². The Hall–Kier alpha value is -3.78. The van der Waals surface area contributed by atoms with Crippen LogP contribution < -0.4 is 10.9 Å². The lowest BCUT2D eigenvalue weighted by atomic mass is 10.1. The maximum atomic E-state index is 13.3. The summed E-state index contributed by atoms with van der Waals surface area (Å²) < 4.78 is 4.04. The van der Waals surface area contributed by atoms with Crippen LogP contribution in [0.15, 0.2) is 82.1 Å². The number of anilines is 1. The Labute approximate surface area is 191 Å². The van der Waals surface area contributed by atoms with E-state index in [1.165, 1.54) is 4.57 Å². The zero-order valence-electron chi connectivity index (χ0n) is 17.1. The minimum absolute atomic E-state index is 0.144. The van der Waals surface area contributed by atoms with Gasteiger partial charge in [0.05, 0.1) is 11.0 Å². The van der Waals surface area contributed by atoms with E-state index in [-0.39, 0.29) is 23.7 Å². The van der Waals surface area contributed by atoms with Crippen molar-refractivity contribution < 1.29 is 4.79 Å². The monoisotopic (exact) mass is 487 g/mol. The molecule has 0 saturated carbocycles. The summed E-state index contributed by atoms with van der Waals surface area (Å²) in [6.07, 6.45) is 0. The van der Waals surface area contributed by atoms with Gasteiger partial charge in [0.2, 0.25) is 11.6 Å². The zero-order valence-corrected chi connectivity index (χ0v) is 18.7. The number of para-hydroxylation sites is 2. The molecule has 0 aliphatic carbocycles. The molecule has 0 spiro atoms. The number of carbonyl (C=O) groups excluding carboxylic acids is 1.